The van der Waals surface area contributed by atoms with Gasteiger partial charge in [-0.25, -0.2) is 0 Å². The maximum atomic E-state index is 13.0. The first-order chi connectivity index (χ1) is 41.0. The van der Waals surface area contributed by atoms with Crippen LogP contribution in [0.15, 0.2) is 85.1 Å². The zero-order chi connectivity index (χ0) is 59.9. The molecule has 0 saturated carbocycles. The van der Waals surface area contributed by atoms with E-state index in [1.54, 1.807) is 0 Å². The summed E-state index contributed by atoms with van der Waals surface area (Å²) in [6.45, 7) is 6.61. The van der Waals surface area contributed by atoms with Gasteiger partial charge in [-0.05, 0) is 122 Å². The van der Waals surface area contributed by atoms with Crippen LogP contribution in [0.5, 0.6) is 0 Å². The number of allylic oxidation sites excluding steroid dienone is 14. The molecule has 0 fully saturated rings. The lowest BCUT2D eigenvalue weighted by Gasteiger charge is -2.18. The molecule has 1 unspecified atom stereocenters. The first-order valence-corrected chi connectivity index (χ1v) is 36.1. The van der Waals surface area contributed by atoms with Crippen LogP contribution >= 0.6 is 0 Å². The largest absolute Gasteiger partial charge is 0.462 e. The Bertz CT molecular complexity index is 1570. The van der Waals surface area contributed by atoms with E-state index >= 15 is 0 Å². The second kappa shape index (κ2) is 71.1. The lowest BCUT2D eigenvalue weighted by atomic mass is 10.0. The van der Waals surface area contributed by atoms with E-state index in [1.165, 1.54) is 231 Å². The van der Waals surface area contributed by atoms with Crippen LogP contribution in [0.25, 0.3) is 0 Å². The Hall–Kier alpha value is -3.41. The van der Waals surface area contributed by atoms with Crippen LogP contribution in [0.2, 0.25) is 0 Å². The quantitative estimate of drug-likeness (QED) is 0.0261. The molecular formula is C77H136O6. The van der Waals surface area contributed by atoms with E-state index < -0.39 is 6.10 Å². The third-order valence-corrected chi connectivity index (χ3v) is 15.8. The third kappa shape index (κ3) is 69.3. The molecule has 0 bridgehead atoms. The second-order valence-corrected chi connectivity index (χ2v) is 24.1. The van der Waals surface area contributed by atoms with Gasteiger partial charge in [-0.3, -0.25) is 14.4 Å². The highest BCUT2D eigenvalue weighted by atomic mass is 16.6. The summed E-state index contributed by atoms with van der Waals surface area (Å²) in [4.78, 5) is 38.5. The maximum absolute atomic E-state index is 13.0. The molecule has 83 heavy (non-hydrogen) atoms. The van der Waals surface area contributed by atoms with Gasteiger partial charge in [0.15, 0.2) is 6.10 Å². The van der Waals surface area contributed by atoms with Gasteiger partial charge in [-0.15, -0.1) is 0 Å². The van der Waals surface area contributed by atoms with Crippen molar-refractivity contribution < 1.29 is 28.6 Å². The van der Waals surface area contributed by atoms with Crippen LogP contribution in [-0.4, -0.2) is 37.2 Å². The Morgan fingerprint density at radius 3 is 0.699 bits per heavy atom. The molecule has 480 valence electrons. The molecule has 0 aliphatic heterocycles. The molecule has 0 aromatic heterocycles. The summed E-state index contributed by atoms with van der Waals surface area (Å²) in [7, 11) is 0. The lowest BCUT2D eigenvalue weighted by molar-refractivity contribution is -0.167. The van der Waals surface area contributed by atoms with Gasteiger partial charge in [0.05, 0.1) is 0 Å². The van der Waals surface area contributed by atoms with Crippen LogP contribution in [0.3, 0.4) is 0 Å². The van der Waals surface area contributed by atoms with Gasteiger partial charge >= 0.3 is 17.9 Å². The number of esters is 3. The molecule has 1 atom stereocenters. The molecule has 0 saturated heterocycles. The van der Waals surface area contributed by atoms with Gasteiger partial charge in [0.25, 0.3) is 0 Å². The highest BCUT2D eigenvalue weighted by Gasteiger charge is 2.19. The summed E-state index contributed by atoms with van der Waals surface area (Å²) >= 11 is 0. The fourth-order valence-electron chi connectivity index (χ4n) is 10.4. The average molecular weight is 1160 g/mol. The Kier molecular flexibility index (Phi) is 68.2. The lowest BCUT2D eigenvalue weighted by Crippen LogP contribution is -2.30. The van der Waals surface area contributed by atoms with Crippen molar-refractivity contribution in [3.63, 3.8) is 0 Å². The number of carbonyl (C=O) groups excluding carboxylic acids is 3. The Balaban J connectivity index is 4.25. The van der Waals surface area contributed by atoms with Crippen LogP contribution in [-0.2, 0) is 28.6 Å². The summed E-state index contributed by atoms with van der Waals surface area (Å²) in [5.41, 5.74) is 0. The Morgan fingerprint density at radius 1 is 0.241 bits per heavy atom. The van der Waals surface area contributed by atoms with Crippen molar-refractivity contribution in [2.24, 2.45) is 0 Å². The first kappa shape index (κ1) is 79.6. The van der Waals surface area contributed by atoms with Gasteiger partial charge in [0.2, 0.25) is 0 Å². The van der Waals surface area contributed by atoms with Crippen molar-refractivity contribution in [2.45, 2.75) is 374 Å². The predicted molar refractivity (Wildman–Crippen MR) is 362 cm³/mol. The molecule has 0 spiro atoms. The molecule has 0 N–H and O–H groups in total. The van der Waals surface area contributed by atoms with E-state index in [0.29, 0.717) is 19.3 Å². The summed E-state index contributed by atoms with van der Waals surface area (Å²) < 4.78 is 17.0. The van der Waals surface area contributed by atoms with E-state index in [4.69, 9.17) is 14.2 Å². The standard InChI is InChI=1S/C77H136O6/c1-4-7-10-13-16-19-22-25-28-30-32-33-34-35-36-37-38-39-40-41-42-43-45-46-49-52-55-58-61-64-67-70-76(79)82-73-74(72-81-75(78)69-66-63-60-57-54-51-48-27-24-21-18-15-12-9-6-3)83-77(80)71-68-65-62-59-56-53-50-47-44-31-29-26-23-20-17-14-11-8-5-2/h17-18,20-22,25-27,29-30,32,34-35,48,74H,4-16,19,23-24,28,31,33,36-47,49-73H2,1-3H3/b20-17-,21-18-,25-22-,29-26-,32-30-,35-34-,48-27-. The molecule has 0 aliphatic carbocycles. The van der Waals surface area contributed by atoms with E-state index in [9.17, 15) is 14.4 Å². The fourth-order valence-corrected chi connectivity index (χ4v) is 10.4. The molecule has 0 heterocycles. The topological polar surface area (TPSA) is 78.9 Å². The van der Waals surface area contributed by atoms with Crippen molar-refractivity contribution in [3.05, 3.63) is 85.1 Å². The van der Waals surface area contributed by atoms with Crippen molar-refractivity contribution >= 4 is 17.9 Å². The van der Waals surface area contributed by atoms with Gasteiger partial charge in [-0.2, -0.15) is 0 Å². The molecule has 0 aromatic rings. The Morgan fingerprint density at radius 2 is 0.434 bits per heavy atom. The third-order valence-electron chi connectivity index (χ3n) is 15.8. The molecule has 0 aliphatic rings. The highest BCUT2D eigenvalue weighted by Crippen LogP contribution is 2.17. The normalized spacial score (nSPS) is 12.6. The minimum Gasteiger partial charge on any atom is -0.462 e. The molecule has 0 radical (unpaired) electrons. The smallest absolute Gasteiger partial charge is 0.306 e. The number of carbonyl (C=O) groups is 3. The molecular weight excluding hydrogens is 1020 g/mol. The average Bonchev–Trinajstić information content (AvgIpc) is 3.49. The number of hydrogen-bond acceptors (Lipinski definition) is 6. The minimum absolute atomic E-state index is 0.0802. The number of unbranched alkanes of at least 4 members (excludes halogenated alkanes) is 41. The molecule has 0 aromatic carbocycles. The van der Waals surface area contributed by atoms with Crippen molar-refractivity contribution in [3.8, 4) is 0 Å². The zero-order valence-electron chi connectivity index (χ0n) is 55.2. The molecule has 6 nitrogen and oxygen atoms in total. The van der Waals surface area contributed by atoms with Crippen LogP contribution in [0, 0.1) is 0 Å². The predicted octanol–water partition coefficient (Wildman–Crippen LogP) is 25.0. The van der Waals surface area contributed by atoms with Crippen LogP contribution < -0.4 is 0 Å². The summed E-state index contributed by atoms with van der Waals surface area (Å²) in [5.74, 6) is -0.881. The second-order valence-electron chi connectivity index (χ2n) is 24.1. The van der Waals surface area contributed by atoms with Crippen molar-refractivity contribution in [2.75, 3.05) is 13.2 Å². The molecule has 0 rings (SSSR count). The molecule has 0 amide bonds. The van der Waals surface area contributed by atoms with E-state index in [0.717, 1.165) is 96.3 Å². The van der Waals surface area contributed by atoms with Gasteiger partial charge in [-0.1, -0.05) is 311 Å². The number of hydrogen-bond donors (Lipinski definition) is 0. The number of rotatable bonds is 66. The van der Waals surface area contributed by atoms with E-state index in [-0.39, 0.29) is 31.1 Å². The summed E-state index contributed by atoms with van der Waals surface area (Å²) in [6.07, 6.45) is 94.7. The first-order valence-electron chi connectivity index (χ1n) is 36.1. The van der Waals surface area contributed by atoms with Gasteiger partial charge in [0, 0.05) is 19.3 Å². The Labute approximate surface area is 515 Å². The highest BCUT2D eigenvalue weighted by molar-refractivity contribution is 5.71. The maximum Gasteiger partial charge on any atom is 0.306 e. The fraction of sp³-hybridized carbons (Fsp3) is 0.779. The van der Waals surface area contributed by atoms with E-state index in [2.05, 4.69) is 106 Å². The van der Waals surface area contributed by atoms with Crippen LogP contribution in [0.4, 0.5) is 0 Å². The SMILES string of the molecule is CCCCC/C=C\C/C=C\CCCCCCCCCCCC(=O)OC(COC(=O)CCCCCCC/C=C\C/C=C\CCCCC)COC(=O)CCCCCCCCCCCCCCCCCC/C=C\C/C=C\C/C=C\CCCCCCC. The van der Waals surface area contributed by atoms with Crippen molar-refractivity contribution in [1.82, 2.24) is 0 Å². The molecule has 6 heteroatoms. The van der Waals surface area contributed by atoms with Crippen LogP contribution in [0.1, 0.15) is 367 Å². The van der Waals surface area contributed by atoms with E-state index in [1.807, 2.05) is 0 Å². The van der Waals surface area contributed by atoms with Gasteiger partial charge in [0.1, 0.15) is 13.2 Å². The zero-order valence-corrected chi connectivity index (χ0v) is 55.2. The minimum atomic E-state index is -0.786. The number of ether oxygens (including phenoxy) is 3. The van der Waals surface area contributed by atoms with Crippen molar-refractivity contribution in [1.29, 1.82) is 0 Å². The van der Waals surface area contributed by atoms with Gasteiger partial charge < -0.3 is 14.2 Å². The summed E-state index contributed by atoms with van der Waals surface area (Å²) in [5, 5.41) is 0. The summed E-state index contributed by atoms with van der Waals surface area (Å²) in [6, 6.07) is 0. The monoisotopic (exact) mass is 1160 g/mol.